The maximum Gasteiger partial charge on any atom is 0.249 e. The highest BCUT2D eigenvalue weighted by Gasteiger charge is 2.45. The molecule has 3 unspecified atom stereocenters. The quantitative estimate of drug-likeness (QED) is 0.361. The zero-order valence-electron chi connectivity index (χ0n) is 20.8. The first kappa shape index (κ1) is 24.3. The van der Waals surface area contributed by atoms with Crippen LogP contribution in [0.15, 0.2) is 60.7 Å². The van der Waals surface area contributed by atoms with E-state index in [-0.39, 0.29) is 23.9 Å². The lowest BCUT2D eigenvalue weighted by molar-refractivity contribution is -0.129. The Labute approximate surface area is 214 Å². The van der Waals surface area contributed by atoms with Crippen LogP contribution in [0.5, 0.6) is 11.5 Å². The zero-order chi connectivity index (χ0) is 25.9. The van der Waals surface area contributed by atoms with Gasteiger partial charge in [-0.25, -0.2) is 10.1 Å². The minimum absolute atomic E-state index is 0.0986. The van der Waals surface area contributed by atoms with E-state index in [2.05, 4.69) is 26.5 Å². The van der Waals surface area contributed by atoms with Gasteiger partial charge in [0, 0.05) is 18.7 Å². The monoisotopic (exact) mass is 503 g/mol. The molecule has 37 heavy (non-hydrogen) atoms. The molecule has 3 atom stereocenters. The van der Waals surface area contributed by atoms with Crippen molar-refractivity contribution in [1.29, 1.82) is 0 Å². The second-order valence-electron chi connectivity index (χ2n) is 8.75. The Hall–Kier alpha value is -4.35. The lowest BCUT2D eigenvalue weighted by Gasteiger charge is -2.37. The maximum atomic E-state index is 13.0. The standard InChI is InChI=1S/C26H29N7O4/c1-16-13-22(28-23(34)12-10-17-9-11-20(36-2)21(14-17)37-3)33(31-16)26-29-24-19(25(35)30-26)15-27-32(24)18-7-5-4-6-8-18/h4-14,19,24,26-27,29H,15H2,1-3H3,(H,28,34)(H,30,35)/b12-10+. The number of rotatable bonds is 7. The van der Waals surface area contributed by atoms with Crippen LogP contribution in [-0.4, -0.2) is 48.5 Å². The number of anilines is 2. The molecule has 0 aliphatic carbocycles. The summed E-state index contributed by atoms with van der Waals surface area (Å²) in [5.41, 5.74) is 5.72. The molecule has 2 aliphatic heterocycles. The van der Waals surface area contributed by atoms with E-state index in [1.54, 1.807) is 43.2 Å². The molecule has 3 heterocycles. The van der Waals surface area contributed by atoms with Crippen molar-refractivity contribution in [3.05, 3.63) is 71.9 Å². The number of hydrogen-bond donors (Lipinski definition) is 4. The second-order valence-corrected chi connectivity index (χ2v) is 8.75. The van der Waals surface area contributed by atoms with Crippen LogP contribution >= 0.6 is 0 Å². The topological polar surface area (TPSA) is 122 Å². The fourth-order valence-corrected chi connectivity index (χ4v) is 4.53. The van der Waals surface area contributed by atoms with Gasteiger partial charge < -0.3 is 20.1 Å². The Morgan fingerprint density at radius 1 is 1.11 bits per heavy atom. The summed E-state index contributed by atoms with van der Waals surface area (Å²) in [5, 5.41) is 15.8. The first-order chi connectivity index (χ1) is 18.0. The fraction of sp³-hybridized carbons (Fsp3) is 0.269. The number of aryl methyl sites for hydroxylation is 1. The number of carbonyl (C=O) groups excluding carboxylic acids is 2. The van der Waals surface area contributed by atoms with Crippen LogP contribution in [0.1, 0.15) is 17.5 Å². The van der Waals surface area contributed by atoms with Crippen molar-refractivity contribution in [3.8, 4) is 11.5 Å². The number of methoxy groups -OCH3 is 2. The third-order valence-electron chi connectivity index (χ3n) is 6.31. The zero-order valence-corrected chi connectivity index (χ0v) is 20.8. The molecular weight excluding hydrogens is 474 g/mol. The number of ether oxygens (including phenoxy) is 2. The summed E-state index contributed by atoms with van der Waals surface area (Å²) in [6, 6.07) is 16.9. The average molecular weight is 504 g/mol. The Bertz CT molecular complexity index is 1320. The fourth-order valence-electron chi connectivity index (χ4n) is 4.53. The normalized spacial score (nSPS) is 21.0. The Morgan fingerprint density at radius 3 is 2.65 bits per heavy atom. The summed E-state index contributed by atoms with van der Waals surface area (Å²) >= 11 is 0. The Balaban J connectivity index is 1.32. The molecule has 0 saturated carbocycles. The van der Waals surface area contributed by atoms with Crippen molar-refractivity contribution in [1.82, 2.24) is 25.8 Å². The SMILES string of the molecule is COc1ccc(/C=C/C(=O)Nc2cc(C)nn2C2NC(=O)C3CNN(c4ccccc4)C3N2)cc1OC. The van der Waals surface area contributed by atoms with Gasteiger partial charge in [0.1, 0.15) is 12.0 Å². The number of benzene rings is 2. The molecule has 2 aromatic carbocycles. The number of aromatic nitrogens is 2. The summed E-state index contributed by atoms with van der Waals surface area (Å²) in [4.78, 5) is 25.7. The van der Waals surface area contributed by atoms with E-state index in [1.807, 2.05) is 48.3 Å². The molecule has 2 amide bonds. The molecule has 0 spiro atoms. The van der Waals surface area contributed by atoms with Gasteiger partial charge in [-0.2, -0.15) is 5.10 Å². The Kier molecular flexibility index (Phi) is 6.80. The largest absolute Gasteiger partial charge is 0.493 e. The number of nitrogens with one attached hydrogen (secondary N) is 4. The van der Waals surface area contributed by atoms with Crippen molar-refractivity contribution >= 4 is 29.4 Å². The molecule has 3 aromatic rings. The van der Waals surface area contributed by atoms with E-state index in [9.17, 15) is 9.59 Å². The van der Waals surface area contributed by atoms with Crippen molar-refractivity contribution < 1.29 is 19.1 Å². The number of hydrazine groups is 1. The molecule has 11 nitrogen and oxygen atoms in total. The number of fused-ring (bicyclic) bond motifs is 1. The van der Waals surface area contributed by atoms with Gasteiger partial charge in [-0.15, -0.1) is 0 Å². The number of nitrogens with zero attached hydrogens (tertiary/aromatic N) is 3. The number of hydrogen-bond acceptors (Lipinski definition) is 8. The van der Waals surface area contributed by atoms with Crippen molar-refractivity contribution in [2.45, 2.75) is 19.4 Å². The third-order valence-corrected chi connectivity index (χ3v) is 6.31. The van der Waals surface area contributed by atoms with Crippen molar-refractivity contribution in [2.24, 2.45) is 5.92 Å². The molecule has 0 radical (unpaired) electrons. The minimum Gasteiger partial charge on any atom is -0.493 e. The van der Waals surface area contributed by atoms with Gasteiger partial charge in [0.05, 0.1) is 31.5 Å². The lowest BCUT2D eigenvalue weighted by Crippen LogP contribution is -2.61. The third kappa shape index (κ3) is 4.99. The van der Waals surface area contributed by atoms with Gasteiger partial charge in [-0.3, -0.25) is 19.9 Å². The number of amides is 2. The van der Waals surface area contributed by atoms with Crippen LogP contribution < -0.4 is 35.9 Å². The van der Waals surface area contributed by atoms with Gasteiger partial charge in [0.15, 0.2) is 17.8 Å². The van der Waals surface area contributed by atoms with E-state index >= 15 is 0 Å². The summed E-state index contributed by atoms with van der Waals surface area (Å²) in [6.07, 6.45) is 2.16. The summed E-state index contributed by atoms with van der Waals surface area (Å²) in [6.45, 7) is 2.33. The first-order valence-corrected chi connectivity index (χ1v) is 11.9. The van der Waals surface area contributed by atoms with Gasteiger partial charge in [0.25, 0.3) is 0 Å². The average Bonchev–Trinajstić information content (AvgIpc) is 3.51. The van der Waals surface area contributed by atoms with Crippen LogP contribution in [0.4, 0.5) is 11.5 Å². The van der Waals surface area contributed by atoms with E-state index in [1.165, 1.54) is 6.08 Å². The predicted octanol–water partition coefficient (Wildman–Crippen LogP) is 2.00. The van der Waals surface area contributed by atoms with Crippen LogP contribution in [0.2, 0.25) is 0 Å². The number of para-hydroxylation sites is 1. The summed E-state index contributed by atoms with van der Waals surface area (Å²) < 4.78 is 12.1. The van der Waals surface area contributed by atoms with E-state index < -0.39 is 6.29 Å². The van der Waals surface area contributed by atoms with Crippen LogP contribution in [0.3, 0.4) is 0 Å². The van der Waals surface area contributed by atoms with E-state index in [4.69, 9.17) is 9.47 Å². The minimum atomic E-state index is -0.654. The highest BCUT2D eigenvalue weighted by Crippen LogP contribution is 2.29. The molecule has 4 N–H and O–H groups in total. The maximum absolute atomic E-state index is 13.0. The molecule has 2 saturated heterocycles. The van der Waals surface area contributed by atoms with Crippen LogP contribution in [-0.2, 0) is 9.59 Å². The summed E-state index contributed by atoms with van der Waals surface area (Å²) in [5.74, 6) is 0.907. The molecule has 11 heteroatoms. The lowest BCUT2D eigenvalue weighted by atomic mass is 10.0. The van der Waals surface area contributed by atoms with Gasteiger partial charge in [-0.05, 0) is 42.8 Å². The van der Waals surface area contributed by atoms with E-state index in [0.717, 1.165) is 11.3 Å². The highest BCUT2D eigenvalue weighted by molar-refractivity contribution is 6.01. The Morgan fingerprint density at radius 2 is 1.89 bits per heavy atom. The molecular formula is C26H29N7O4. The van der Waals surface area contributed by atoms with E-state index in [0.29, 0.717) is 29.6 Å². The van der Waals surface area contributed by atoms with Gasteiger partial charge in [0.2, 0.25) is 11.8 Å². The molecule has 2 aliphatic rings. The molecule has 1 aromatic heterocycles. The molecule has 2 fully saturated rings. The molecule has 192 valence electrons. The summed E-state index contributed by atoms with van der Waals surface area (Å²) in [7, 11) is 3.13. The van der Waals surface area contributed by atoms with Crippen LogP contribution in [0.25, 0.3) is 6.08 Å². The molecule has 5 rings (SSSR count). The van der Waals surface area contributed by atoms with Crippen molar-refractivity contribution in [3.63, 3.8) is 0 Å². The molecule has 0 bridgehead atoms. The first-order valence-electron chi connectivity index (χ1n) is 11.9. The number of carbonyl (C=O) groups is 2. The highest BCUT2D eigenvalue weighted by atomic mass is 16.5. The smallest absolute Gasteiger partial charge is 0.249 e. The second kappa shape index (κ2) is 10.3. The van der Waals surface area contributed by atoms with Crippen molar-refractivity contribution in [2.75, 3.05) is 31.1 Å². The van der Waals surface area contributed by atoms with Gasteiger partial charge in [-0.1, -0.05) is 24.3 Å². The van der Waals surface area contributed by atoms with Gasteiger partial charge >= 0.3 is 0 Å². The predicted molar refractivity (Wildman–Crippen MR) is 139 cm³/mol. The van der Waals surface area contributed by atoms with Crippen LogP contribution in [0, 0.1) is 12.8 Å².